The van der Waals surface area contributed by atoms with Crippen LogP contribution in [0.15, 0.2) is 35.4 Å². The lowest BCUT2D eigenvalue weighted by Crippen LogP contribution is -2.15. The summed E-state index contributed by atoms with van der Waals surface area (Å²) in [7, 11) is -2.18. The van der Waals surface area contributed by atoms with Gasteiger partial charge in [0, 0.05) is 12.3 Å². The summed E-state index contributed by atoms with van der Waals surface area (Å²) in [6.07, 6.45) is 1.31. The highest BCUT2D eigenvalue weighted by atomic mass is 32.2. The number of hydrogen-bond donors (Lipinski definition) is 1. The lowest BCUT2D eigenvalue weighted by Gasteiger charge is -2.09. The molecule has 1 aromatic carbocycles. The van der Waals surface area contributed by atoms with Crippen LogP contribution in [0.3, 0.4) is 0 Å². The first-order valence-electron chi connectivity index (χ1n) is 5.16. The molecule has 6 nitrogen and oxygen atoms in total. The highest BCUT2D eigenvalue weighted by molar-refractivity contribution is 7.89. The van der Waals surface area contributed by atoms with Gasteiger partial charge in [0.2, 0.25) is 0 Å². The summed E-state index contributed by atoms with van der Waals surface area (Å²) in [4.78, 5) is 0.173. The monoisotopic (exact) mass is 267 g/mol. The Morgan fingerprint density at radius 2 is 2.06 bits per heavy atom. The molecule has 2 rings (SSSR count). The number of nitrogens with two attached hydrogens (primary N) is 1. The molecule has 0 aliphatic carbocycles. The SMILES string of the molecule is COc1ccc(S(=O)(=O)n2ccc(N)n2)c(C)c1. The summed E-state index contributed by atoms with van der Waals surface area (Å²) < 4.78 is 30.4. The van der Waals surface area contributed by atoms with Gasteiger partial charge in [0.25, 0.3) is 10.0 Å². The number of ether oxygens (including phenoxy) is 1. The Kier molecular flexibility index (Phi) is 3.00. The fraction of sp³-hybridized carbons (Fsp3) is 0.182. The first-order chi connectivity index (χ1) is 8.45. The molecule has 0 bridgehead atoms. The standard InChI is InChI=1S/C11H13N3O3S/c1-8-7-9(17-2)3-4-10(8)18(15,16)14-6-5-11(12)13-14/h3-7H,1-2H3,(H2,12,13). The van der Waals surface area contributed by atoms with Crippen LogP contribution in [0.25, 0.3) is 0 Å². The quantitative estimate of drug-likeness (QED) is 0.897. The zero-order valence-electron chi connectivity index (χ0n) is 9.99. The Balaban J connectivity index is 2.54. The molecule has 2 N–H and O–H groups in total. The molecule has 0 unspecified atom stereocenters. The first-order valence-corrected chi connectivity index (χ1v) is 6.60. The molecule has 0 radical (unpaired) electrons. The highest BCUT2D eigenvalue weighted by Gasteiger charge is 2.20. The minimum atomic E-state index is -3.70. The first kappa shape index (κ1) is 12.4. The Labute approximate surface area is 105 Å². The molecule has 0 aliphatic rings. The number of anilines is 1. The van der Waals surface area contributed by atoms with Crippen LogP contribution in [-0.2, 0) is 10.0 Å². The third kappa shape index (κ3) is 2.04. The topological polar surface area (TPSA) is 87.2 Å². The van der Waals surface area contributed by atoms with E-state index in [4.69, 9.17) is 10.5 Å². The average molecular weight is 267 g/mol. The van der Waals surface area contributed by atoms with Crippen LogP contribution >= 0.6 is 0 Å². The molecule has 96 valence electrons. The van der Waals surface area contributed by atoms with Crippen LogP contribution in [-0.4, -0.2) is 24.7 Å². The maximum absolute atomic E-state index is 12.3. The molecule has 0 fully saturated rings. The number of aromatic nitrogens is 2. The van der Waals surface area contributed by atoms with Crippen molar-refractivity contribution in [2.75, 3.05) is 12.8 Å². The van der Waals surface area contributed by atoms with Crippen molar-refractivity contribution in [1.82, 2.24) is 9.19 Å². The molecule has 0 atom stereocenters. The van der Waals surface area contributed by atoms with E-state index in [1.54, 1.807) is 19.1 Å². The van der Waals surface area contributed by atoms with Gasteiger partial charge in [0.1, 0.15) is 11.6 Å². The van der Waals surface area contributed by atoms with Crippen molar-refractivity contribution in [3.63, 3.8) is 0 Å². The number of aryl methyl sites for hydroxylation is 1. The van der Waals surface area contributed by atoms with Crippen LogP contribution in [0.1, 0.15) is 5.56 Å². The number of benzene rings is 1. The summed E-state index contributed by atoms with van der Waals surface area (Å²) in [5.74, 6) is 0.760. The summed E-state index contributed by atoms with van der Waals surface area (Å²) in [5.41, 5.74) is 6.01. The van der Waals surface area contributed by atoms with Gasteiger partial charge in [-0.25, -0.2) is 0 Å². The Morgan fingerprint density at radius 1 is 1.33 bits per heavy atom. The average Bonchev–Trinajstić information content (AvgIpc) is 2.76. The molecule has 2 aromatic rings. The molecule has 0 spiro atoms. The molecule has 0 saturated heterocycles. The van der Waals surface area contributed by atoms with Gasteiger partial charge < -0.3 is 10.5 Å². The zero-order chi connectivity index (χ0) is 13.3. The summed E-state index contributed by atoms with van der Waals surface area (Å²) >= 11 is 0. The predicted octanol–water partition coefficient (Wildman–Crippen LogP) is 1.02. The minimum Gasteiger partial charge on any atom is -0.497 e. The number of methoxy groups -OCH3 is 1. The van der Waals surface area contributed by atoms with Gasteiger partial charge in [0.05, 0.1) is 12.0 Å². The van der Waals surface area contributed by atoms with Crippen molar-refractivity contribution in [3.8, 4) is 5.75 Å². The van der Waals surface area contributed by atoms with Crippen LogP contribution in [0, 0.1) is 6.92 Å². The van der Waals surface area contributed by atoms with Gasteiger partial charge in [-0.1, -0.05) is 0 Å². The van der Waals surface area contributed by atoms with E-state index in [0.29, 0.717) is 11.3 Å². The van der Waals surface area contributed by atoms with Gasteiger partial charge >= 0.3 is 0 Å². The van der Waals surface area contributed by atoms with E-state index in [1.165, 1.54) is 25.4 Å². The van der Waals surface area contributed by atoms with Crippen LogP contribution in [0.4, 0.5) is 5.82 Å². The summed E-state index contributed by atoms with van der Waals surface area (Å²) in [6, 6.07) is 6.16. The molecule has 18 heavy (non-hydrogen) atoms. The Bertz CT molecular complexity index is 677. The van der Waals surface area contributed by atoms with Gasteiger partial charge in [-0.2, -0.15) is 12.5 Å². The van der Waals surface area contributed by atoms with E-state index in [-0.39, 0.29) is 10.7 Å². The zero-order valence-corrected chi connectivity index (χ0v) is 10.8. The van der Waals surface area contributed by atoms with Crippen molar-refractivity contribution in [2.24, 2.45) is 0 Å². The van der Waals surface area contributed by atoms with Crippen LogP contribution in [0.5, 0.6) is 5.75 Å². The minimum absolute atomic E-state index is 0.157. The second-order valence-electron chi connectivity index (χ2n) is 3.75. The van der Waals surface area contributed by atoms with Crippen LogP contribution in [0.2, 0.25) is 0 Å². The molecular formula is C11H13N3O3S. The van der Waals surface area contributed by atoms with Gasteiger partial charge in [0.15, 0.2) is 0 Å². The normalized spacial score (nSPS) is 11.4. The van der Waals surface area contributed by atoms with E-state index in [2.05, 4.69) is 5.10 Å². The second-order valence-corrected chi connectivity index (χ2v) is 5.51. The van der Waals surface area contributed by atoms with Crippen molar-refractivity contribution in [2.45, 2.75) is 11.8 Å². The van der Waals surface area contributed by atoms with E-state index in [1.807, 2.05) is 0 Å². The number of nitrogen functional groups attached to an aromatic ring is 1. The third-order valence-electron chi connectivity index (χ3n) is 2.49. The number of hydrogen-bond acceptors (Lipinski definition) is 5. The van der Waals surface area contributed by atoms with Crippen molar-refractivity contribution < 1.29 is 13.2 Å². The smallest absolute Gasteiger partial charge is 0.283 e. The summed E-state index contributed by atoms with van der Waals surface area (Å²) in [6.45, 7) is 1.70. The maximum atomic E-state index is 12.3. The van der Waals surface area contributed by atoms with Crippen LogP contribution < -0.4 is 10.5 Å². The maximum Gasteiger partial charge on any atom is 0.283 e. The van der Waals surface area contributed by atoms with E-state index < -0.39 is 10.0 Å². The van der Waals surface area contributed by atoms with Gasteiger partial charge in [-0.3, -0.25) is 0 Å². The van der Waals surface area contributed by atoms with E-state index >= 15 is 0 Å². The fourth-order valence-corrected chi connectivity index (χ4v) is 2.92. The van der Waals surface area contributed by atoms with Gasteiger partial charge in [-0.15, -0.1) is 5.10 Å². The number of nitrogens with zero attached hydrogens (tertiary/aromatic N) is 2. The molecule has 0 aliphatic heterocycles. The predicted molar refractivity (Wildman–Crippen MR) is 67.0 cm³/mol. The lowest BCUT2D eigenvalue weighted by atomic mass is 10.2. The Morgan fingerprint density at radius 3 is 2.56 bits per heavy atom. The molecule has 0 amide bonds. The largest absolute Gasteiger partial charge is 0.497 e. The molecular weight excluding hydrogens is 254 g/mol. The van der Waals surface area contributed by atoms with Crippen molar-refractivity contribution >= 4 is 15.8 Å². The fourth-order valence-electron chi connectivity index (χ4n) is 1.59. The molecule has 1 aromatic heterocycles. The third-order valence-corrected chi connectivity index (χ3v) is 4.20. The van der Waals surface area contributed by atoms with Crippen molar-refractivity contribution in [1.29, 1.82) is 0 Å². The number of rotatable bonds is 3. The summed E-state index contributed by atoms with van der Waals surface area (Å²) in [5, 5.41) is 3.72. The second kappa shape index (κ2) is 4.34. The molecule has 1 heterocycles. The van der Waals surface area contributed by atoms with E-state index in [9.17, 15) is 8.42 Å². The Hall–Kier alpha value is -2.02. The van der Waals surface area contributed by atoms with Gasteiger partial charge in [-0.05, 0) is 30.7 Å². The highest BCUT2D eigenvalue weighted by Crippen LogP contribution is 2.22. The molecule has 7 heteroatoms. The molecule has 0 saturated carbocycles. The lowest BCUT2D eigenvalue weighted by molar-refractivity contribution is 0.414. The van der Waals surface area contributed by atoms with E-state index in [0.717, 1.165) is 4.09 Å². The van der Waals surface area contributed by atoms with Crippen molar-refractivity contribution in [3.05, 3.63) is 36.0 Å².